The molecule has 1 rings (SSSR count). The normalized spacial score (nSPS) is 27.1. The third kappa shape index (κ3) is 2.56. The Balaban J connectivity index is 2.60. The predicted molar refractivity (Wildman–Crippen MR) is 50.6 cm³/mol. The third-order valence-electron chi connectivity index (χ3n) is 2.74. The highest BCUT2D eigenvalue weighted by molar-refractivity contribution is 6.27. The van der Waals surface area contributed by atoms with E-state index < -0.39 is 11.8 Å². The van der Waals surface area contributed by atoms with Gasteiger partial charge in [0.15, 0.2) is 0 Å². The van der Waals surface area contributed by atoms with Crippen molar-refractivity contribution in [2.45, 2.75) is 25.7 Å². The van der Waals surface area contributed by atoms with Gasteiger partial charge in [-0.25, -0.2) is 8.78 Å². The number of carbonyl (C=O) groups excluding carboxylic acids is 1. The van der Waals surface area contributed by atoms with Crippen LogP contribution in [0.3, 0.4) is 0 Å². The van der Waals surface area contributed by atoms with Crippen LogP contribution in [0.4, 0.5) is 8.78 Å². The number of hydrogen-bond acceptors (Lipinski definition) is 1. The lowest BCUT2D eigenvalue weighted by Gasteiger charge is -2.19. The smallest absolute Gasteiger partial charge is 0.252 e. The number of halogens is 3. The standard InChI is InChI=1S/C9H14ClF2NO/c1-7-2-4-13(8(14)6-10)5-3-9(7,11)12/h7H,2-6H2,1H3. The maximum absolute atomic E-state index is 13.2. The van der Waals surface area contributed by atoms with Crippen LogP contribution in [0, 0.1) is 5.92 Å². The van der Waals surface area contributed by atoms with E-state index in [-0.39, 0.29) is 24.8 Å². The van der Waals surface area contributed by atoms with Gasteiger partial charge in [-0.05, 0) is 6.42 Å². The quantitative estimate of drug-likeness (QED) is 0.626. The first-order valence-electron chi connectivity index (χ1n) is 4.69. The van der Waals surface area contributed by atoms with Gasteiger partial charge in [0.25, 0.3) is 5.92 Å². The summed E-state index contributed by atoms with van der Waals surface area (Å²) in [5.41, 5.74) is 0. The van der Waals surface area contributed by atoms with Crippen molar-refractivity contribution >= 4 is 17.5 Å². The van der Waals surface area contributed by atoms with Crippen molar-refractivity contribution in [1.29, 1.82) is 0 Å². The Bertz CT molecular complexity index is 223. The first-order valence-corrected chi connectivity index (χ1v) is 5.22. The van der Waals surface area contributed by atoms with E-state index in [1.165, 1.54) is 11.8 Å². The van der Waals surface area contributed by atoms with Crippen LogP contribution in [0.5, 0.6) is 0 Å². The molecule has 1 heterocycles. The molecular formula is C9H14ClF2NO. The average Bonchev–Trinajstić information content (AvgIpc) is 2.27. The van der Waals surface area contributed by atoms with Crippen molar-refractivity contribution < 1.29 is 13.6 Å². The molecule has 0 aromatic rings. The van der Waals surface area contributed by atoms with Gasteiger partial charge in [-0.15, -0.1) is 11.6 Å². The molecule has 1 fully saturated rings. The highest BCUT2D eigenvalue weighted by Crippen LogP contribution is 2.33. The van der Waals surface area contributed by atoms with E-state index in [1.807, 2.05) is 0 Å². The van der Waals surface area contributed by atoms with Crippen LogP contribution in [0.25, 0.3) is 0 Å². The van der Waals surface area contributed by atoms with Gasteiger partial charge in [-0.3, -0.25) is 4.79 Å². The van der Waals surface area contributed by atoms with Crippen LogP contribution < -0.4 is 0 Å². The molecule has 82 valence electrons. The Kier molecular flexibility index (Phi) is 3.70. The van der Waals surface area contributed by atoms with E-state index in [2.05, 4.69) is 0 Å². The highest BCUT2D eigenvalue weighted by atomic mass is 35.5. The van der Waals surface area contributed by atoms with Gasteiger partial charge in [0.05, 0.1) is 0 Å². The summed E-state index contributed by atoms with van der Waals surface area (Å²) in [6, 6.07) is 0. The van der Waals surface area contributed by atoms with Crippen LogP contribution in [0.1, 0.15) is 19.8 Å². The molecule has 5 heteroatoms. The molecule has 0 aliphatic carbocycles. The van der Waals surface area contributed by atoms with Gasteiger partial charge in [-0.2, -0.15) is 0 Å². The van der Waals surface area contributed by atoms with Gasteiger partial charge in [0.1, 0.15) is 5.88 Å². The highest BCUT2D eigenvalue weighted by Gasteiger charge is 2.39. The van der Waals surface area contributed by atoms with Crippen molar-refractivity contribution in [2.24, 2.45) is 5.92 Å². The molecule has 0 bridgehead atoms. The molecule has 0 radical (unpaired) electrons. The second-order valence-electron chi connectivity index (χ2n) is 3.72. The topological polar surface area (TPSA) is 20.3 Å². The molecule has 0 N–H and O–H groups in total. The molecule has 1 atom stereocenters. The maximum atomic E-state index is 13.2. The van der Waals surface area contributed by atoms with Crippen LogP contribution in [0.2, 0.25) is 0 Å². The molecule has 1 aliphatic rings. The summed E-state index contributed by atoms with van der Waals surface area (Å²) in [5.74, 6) is -3.69. The Labute approximate surface area is 87.2 Å². The van der Waals surface area contributed by atoms with Crippen molar-refractivity contribution in [3.8, 4) is 0 Å². The molecule has 1 saturated heterocycles. The zero-order valence-electron chi connectivity index (χ0n) is 8.10. The van der Waals surface area contributed by atoms with E-state index in [4.69, 9.17) is 11.6 Å². The molecule has 0 spiro atoms. The number of amides is 1. The molecule has 1 amide bonds. The monoisotopic (exact) mass is 225 g/mol. The second kappa shape index (κ2) is 4.43. The van der Waals surface area contributed by atoms with Gasteiger partial charge in [-0.1, -0.05) is 6.92 Å². The number of hydrogen-bond donors (Lipinski definition) is 0. The summed E-state index contributed by atoms with van der Waals surface area (Å²) in [6.45, 7) is 2.03. The van der Waals surface area contributed by atoms with Crippen molar-refractivity contribution in [1.82, 2.24) is 4.90 Å². The van der Waals surface area contributed by atoms with Gasteiger partial charge < -0.3 is 4.90 Å². The fourth-order valence-corrected chi connectivity index (χ4v) is 1.71. The number of carbonyl (C=O) groups is 1. The minimum absolute atomic E-state index is 0.114. The first kappa shape index (κ1) is 11.7. The number of rotatable bonds is 1. The fraction of sp³-hybridized carbons (Fsp3) is 0.889. The molecular weight excluding hydrogens is 212 g/mol. The molecule has 2 nitrogen and oxygen atoms in total. The summed E-state index contributed by atoms with van der Waals surface area (Å²) in [5, 5.41) is 0. The molecule has 1 aliphatic heterocycles. The number of nitrogens with zero attached hydrogens (tertiary/aromatic N) is 1. The number of likely N-dealkylation sites (tertiary alicyclic amines) is 1. The van der Waals surface area contributed by atoms with E-state index in [1.54, 1.807) is 0 Å². The van der Waals surface area contributed by atoms with Crippen LogP contribution in [-0.2, 0) is 4.79 Å². The summed E-state index contributed by atoms with van der Waals surface area (Å²) in [6.07, 6.45) is 0.0897. The maximum Gasteiger partial charge on any atom is 0.252 e. The summed E-state index contributed by atoms with van der Waals surface area (Å²) >= 11 is 5.37. The molecule has 14 heavy (non-hydrogen) atoms. The van der Waals surface area contributed by atoms with Gasteiger partial charge in [0.2, 0.25) is 5.91 Å². The summed E-state index contributed by atoms with van der Waals surface area (Å²) < 4.78 is 26.5. The summed E-state index contributed by atoms with van der Waals surface area (Å²) in [4.78, 5) is 12.6. The second-order valence-corrected chi connectivity index (χ2v) is 3.98. The number of alkyl halides is 3. The van der Waals surface area contributed by atoms with E-state index >= 15 is 0 Å². The van der Waals surface area contributed by atoms with Crippen LogP contribution in [0.15, 0.2) is 0 Å². The minimum Gasteiger partial charge on any atom is -0.341 e. The lowest BCUT2D eigenvalue weighted by molar-refractivity contribution is -0.128. The minimum atomic E-state index is -2.65. The Morgan fingerprint density at radius 1 is 1.57 bits per heavy atom. The molecule has 0 aromatic carbocycles. The zero-order valence-corrected chi connectivity index (χ0v) is 8.86. The largest absolute Gasteiger partial charge is 0.341 e. The lowest BCUT2D eigenvalue weighted by Crippen LogP contribution is -2.33. The summed E-state index contributed by atoms with van der Waals surface area (Å²) in [7, 11) is 0. The molecule has 0 saturated carbocycles. The zero-order chi connectivity index (χ0) is 10.8. The van der Waals surface area contributed by atoms with Gasteiger partial charge in [0, 0.05) is 25.4 Å². The van der Waals surface area contributed by atoms with E-state index in [0.717, 1.165) is 0 Å². The SMILES string of the molecule is CC1CCN(C(=O)CCl)CCC1(F)F. The third-order valence-corrected chi connectivity index (χ3v) is 2.96. The molecule has 1 unspecified atom stereocenters. The lowest BCUT2D eigenvalue weighted by atomic mass is 9.99. The fourth-order valence-electron chi connectivity index (χ4n) is 1.54. The Morgan fingerprint density at radius 2 is 2.21 bits per heavy atom. The van der Waals surface area contributed by atoms with E-state index in [9.17, 15) is 13.6 Å². The van der Waals surface area contributed by atoms with Crippen molar-refractivity contribution in [2.75, 3.05) is 19.0 Å². The van der Waals surface area contributed by atoms with Gasteiger partial charge >= 0.3 is 0 Å². The predicted octanol–water partition coefficient (Wildman–Crippen LogP) is 2.12. The Hall–Kier alpha value is -0.380. The van der Waals surface area contributed by atoms with Crippen LogP contribution in [-0.4, -0.2) is 35.7 Å². The van der Waals surface area contributed by atoms with Crippen LogP contribution >= 0.6 is 11.6 Å². The molecule has 0 aromatic heterocycles. The first-order chi connectivity index (χ1) is 6.47. The average molecular weight is 226 g/mol. The van der Waals surface area contributed by atoms with E-state index in [0.29, 0.717) is 13.0 Å². The van der Waals surface area contributed by atoms with Crippen molar-refractivity contribution in [3.05, 3.63) is 0 Å². The van der Waals surface area contributed by atoms with Crippen molar-refractivity contribution in [3.63, 3.8) is 0 Å². The Morgan fingerprint density at radius 3 is 2.79 bits per heavy atom.